The van der Waals surface area contributed by atoms with Crippen LogP contribution >= 0.6 is 11.6 Å². The molecule has 1 heterocycles. The normalized spacial score (nSPS) is 18.5. The van der Waals surface area contributed by atoms with Gasteiger partial charge in [0, 0.05) is 29.7 Å². The van der Waals surface area contributed by atoms with Gasteiger partial charge in [0.05, 0.1) is 26.9 Å². The van der Waals surface area contributed by atoms with Gasteiger partial charge >= 0.3 is 0 Å². The summed E-state index contributed by atoms with van der Waals surface area (Å²) in [5.41, 5.74) is 0.770. The van der Waals surface area contributed by atoms with Gasteiger partial charge in [-0.05, 0) is 18.2 Å². The number of rotatable bonds is 5. The van der Waals surface area contributed by atoms with Crippen LogP contribution in [0.3, 0.4) is 0 Å². The van der Waals surface area contributed by atoms with Crippen molar-refractivity contribution in [3.05, 3.63) is 53.1 Å². The third kappa shape index (κ3) is 3.66. The van der Waals surface area contributed by atoms with Crippen LogP contribution in [0.5, 0.6) is 11.5 Å². The zero-order valence-electron chi connectivity index (χ0n) is 14.5. The van der Waals surface area contributed by atoms with Crippen molar-refractivity contribution in [1.29, 1.82) is 0 Å². The average Bonchev–Trinajstić information content (AvgIpc) is 2.68. The van der Waals surface area contributed by atoms with Crippen molar-refractivity contribution in [2.75, 3.05) is 33.9 Å². The van der Waals surface area contributed by atoms with Crippen molar-refractivity contribution >= 4 is 21.6 Å². The summed E-state index contributed by atoms with van der Waals surface area (Å²) in [6.45, 7) is 0.706. The highest BCUT2D eigenvalue weighted by Gasteiger charge is 2.34. The fourth-order valence-corrected chi connectivity index (χ4v) is 4.75. The lowest BCUT2D eigenvalue weighted by molar-refractivity contribution is -0.00253. The van der Waals surface area contributed by atoms with E-state index in [4.69, 9.17) is 25.8 Å². The molecule has 0 aliphatic carbocycles. The van der Waals surface area contributed by atoms with Crippen molar-refractivity contribution in [3.8, 4) is 11.5 Å². The van der Waals surface area contributed by atoms with E-state index in [-0.39, 0.29) is 30.3 Å². The second kappa shape index (κ2) is 7.84. The maximum absolute atomic E-state index is 13.2. The molecule has 140 valence electrons. The summed E-state index contributed by atoms with van der Waals surface area (Å²) < 4.78 is 44.0. The number of ether oxygens (including phenoxy) is 3. The van der Waals surface area contributed by atoms with Crippen LogP contribution in [0.4, 0.5) is 0 Å². The van der Waals surface area contributed by atoms with Gasteiger partial charge in [-0.3, -0.25) is 0 Å². The molecular formula is C18H20ClNO5S. The lowest BCUT2D eigenvalue weighted by Gasteiger charge is -2.33. The molecule has 0 aromatic heterocycles. The molecule has 8 heteroatoms. The molecular weight excluding hydrogens is 378 g/mol. The fraction of sp³-hybridized carbons (Fsp3) is 0.333. The SMILES string of the molecule is COc1ccc(OC)c(S(=O)(=O)N2CCOC(c3ccccc3Cl)C2)c1. The molecule has 0 N–H and O–H groups in total. The first kappa shape index (κ1) is 19.0. The summed E-state index contributed by atoms with van der Waals surface area (Å²) in [7, 11) is -0.862. The van der Waals surface area contributed by atoms with Crippen LogP contribution in [-0.4, -0.2) is 46.6 Å². The predicted octanol–water partition coefficient (Wildman–Crippen LogP) is 3.12. The molecule has 0 radical (unpaired) electrons. The molecule has 3 rings (SSSR count). The number of hydrogen-bond donors (Lipinski definition) is 0. The molecule has 0 saturated carbocycles. The maximum Gasteiger partial charge on any atom is 0.247 e. The minimum Gasteiger partial charge on any atom is -0.497 e. The van der Waals surface area contributed by atoms with Gasteiger partial charge in [-0.2, -0.15) is 4.31 Å². The van der Waals surface area contributed by atoms with Gasteiger partial charge < -0.3 is 14.2 Å². The summed E-state index contributed by atoms with van der Waals surface area (Å²) in [5.74, 6) is 0.715. The van der Waals surface area contributed by atoms with Crippen LogP contribution in [0.15, 0.2) is 47.4 Å². The van der Waals surface area contributed by atoms with E-state index < -0.39 is 16.1 Å². The standard InChI is InChI=1S/C18H20ClNO5S/c1-23-13-7-8-16(24-2)18(11-13)26(21,22)20-9-10-25-17(12-20)14-5-3-4-6-15(14)19/h3-8,11,17H,9-10,12H2,1-2H3. The highest BCUT2D eigenvalue weighted by atomic mass is 35.5. The molecule has 2 aromatic carbocycles. The lowest BCUT2D eigenvalue weighted by atomic mass is 10.1. The van der Waals surface area contributed by atoms with Crippen molar-refractivity contribution in [3.63, 3.8) is 0 Å². The molecule has 1 aliphatic heterocycles. The third-order valence-electron chi connectivity index (χ3n) is 4.27. The van der Waals surface area contributed by atoms with Gasteiger partial charge in [-0.25, -0.2) is 8.42 Å². The number of halogens is 1. The van der Waals surface area contributed by atoms with Crippen LogP contribution in [0, 0.1) is 0 Å². The lowest BCUT2D eigenvalue weighted by Crippen LogP contribution is -2.42. The Morgan fingerprint density at radius 2 is 1.92 bits per heavy atom. The smallest absolute Gasteiger partial charge is 0.247 e. The predicted molar refractivity (Wildman–Crippen MR) is 98.4 cm³/mol. The van der Waals surface area contributed by atoms with Crippen LogP contribution in [0.25, 0.3) is 0 Å². The van der Waals surface area contributed by atoms with Crippen LogP contribution in [0.1, 0.15) is 11.7 Å². The fourth-order valence-electron chi connectivity index (χ4n) is 2.89. The minimum absolute atomic E-state index is 0.0687. The summed E-state index contributed by atoms with van der Waals surface area (Å²) in [6, 6.07) is 12.0. The average molecular weight is 398 g/mol. The topological polar surface area (TPSA) is 65.1 Å². The Balaban J connectivity index is 1.94. The Kier molecular flexibility index (Phi) is 5.72. The number of benzene rings is 2. The molecule has 1 saturated heterocycles. The Labute approximate surface area is 158 Å². The summed E-state index contributed by atoms with van der Waals surface area (Å²) in [5, 5.41) is 0.552. The van der Waals surface area contributed by atoms with Gasteiger partial charge in [-0.15, -0.1) is 0 Å². The van der Waals surface area contributed by atoms with Gasteiger partial charge in [0.15, 0.2) is 0 Å². The molecule has 0 spiro atoms. The molecule has 26 heavy (non-hydrogen) atoms. The van der Waals surface area contributed by atoms with E-state index in [1.54, 1.807) is 18.2 Å². The number of sulfonamides is 1. The Bertz CT molecular complexity index is 887. The molecule has 1 unspecified atom stereocenters. The maximum atomic E-state index is 13.2. The van der Waals surface area contributed by atoms with E-state index in [1.165, 1.54) is 24.6 Å². The molecule has 2 aromatic rings. The van der Waals surface area contributed by atoms with Crippen molar-refractivity contribution in [1.82, 2.24) is 4.31 Å². The van der Waals surface area contributed by atoms with Crippen molar-refractivity contribution < 1.29 is 22.6 Å². The highest BCUT2D eigenvalue weighted by molar-refractivity contribution is 7.89. The first-order valence-corrected chi connectivity index (χ1v) is 9.87. The van der Waals surface area contributed by atoms with E-state index in [0.717, 1.165) is 5.56 Å². The zero-order chi connectivity index (χ0) is 18.7. The van der Waals surface area contributed by atoms with Gasteiger partial charge in [0.1, 0.15) is 16.4 Å². The van der Waals surface area contributed by atoms with E-state index in [0.29, 0.717) is 10.8 Å². The van der Waals surface area contributed by atoms with Crippen molar-refractivity contribution in [2.45, 2.75) is 11.0 Å². The second-order valence-corrected chi connectivity index (χ2v) is 8.07. The second-order valence-electron chi connectivity index (χ2n) is 5.76. The summed E-state index contributed by atoms with van der Waals surface area (Å²) >= 11 is 6.24. The first-order chi connectivity index (χ1) is 12.5. The minimum atomic E-state index is -3.79. The van der Waals surface area contributed by atoms with Crippen LogP contribution in [0.2, 0.25) is 5.02 Å². The summed E-state index contributed by atoms with van der Waals surface area (Å²) in [6.07, 6.45) is -0.427. The first-order valence-electron chi connectivity index (χ1n) is 8.05. The van der Waals surface area contributed by atoms with Crippen molar-refractivity contribution in [2.24, 2.45) is 0 Å². The molecule has 0 amide bonds. The van der Waals surface area contributed by atoms with Gasteiger partial charge in [-0.1, -0.05) is 29.8 Å². The third-order valence-corrected chi connectivity index (χ3v) is 6.50. The number of hydrogen-bond acceptors (Lipinski definition) is 5. The molecule has 1 fully saturated rings. The highest BCUT2D eigenvalue weighted by Crippen LogP contribution is 2.34. The van der Waals surface area contributed by atoms with Crippen LogP contribution < -0.4 is 9.47 Å². The van der Waals surface area contributed by atoms with E-state index >= 15 is 0 Å². The Morgan fingerprint density at radius 1 is 1.15 bits per heavy atom. The van der Waals surface area contributed by atoms with Crippen LogP contribution in [-0.2, 0) is 14.8 Å². The largest absolute Gasteiger partial charge is 0.497 e. The monoisotopic (exact) mass is 397 g/mol. The van der Waals surface area contributed by atoms with Gasteiger partial charge in [0.25, 0.3) is 0 Å². The number of nitrogens with zero attached hydrogens (tertiary/aromatic N) is 1. The van der Waals surface area contributed by atoms with Gasteiger partial charge in [0.2, 0.25) is 10.0 Å². The molecule has 1 aliphatic rings. The van der Waals surface area contributed by atoms with E-state index in [1.807, 2.05) is 18.2 Å². The zero-order valence-corrected chi connectivity index (χ0v) is 16.1. The Morgan fingerprint density at radius 3 is 2.62 bits per heavy atom. The number of methoxy groups -OCH3 is 2. The summed E-state index contributed by atoms with van der Waals surface area (Å²) in [4.78, 5) is 0.0687. The quantitative estimate of drug-likeness (QED) is 0.775. The van der Waals surface area contributed by atoms with E-state index in [9.17, 15) is 8.42 Å². The van der Waals surface area contributed by atoms with E-state index in [2.05, 4.69) is 0 Å². The number of morpholine rings is 1. The molecule has 6 nitrogen and oxygen atoms in total. The Hall–Kier alpha value is -1.80. The molecule has 1 atom stereocenters. The molecule has 0 bridgehead atoms.